The van der Waals surface area contributed by atoms with Crippen LogP contribution in [0.3, 0.4) is 0 Å². The highest BCUT2D eigenvalue weighted by molar-refractivity contribution is 5.82. The maximum absolute atomic E-state index is 12.3. The van der Waals surface area contributed by atoms with Crippen molar-refractivity contribution in [2.45, 2.75) is 38.8 Å². The first-order chi connectivity index (χ1) is 13.8. The number of fused-ring (bicyclic) bond motifs is 1. The van der Waals surface area contributed by atoms with Gasteiger partial charge in [-0.1, -0.05) is 0 Å². The number of hydrogen-bond acceptors (Lipinski definition) is 7. The summed E-state index contributed by atoms with van der Waals surface area (Å²) in [6.07, 6.45) is 0.547. The molecule has 1 fully saturated rings. The van der Waals surface area contributed by atoms with E-state index in [0.29, 0.717) is 19.6 Å². The first-order valence-electron chi connectivity index (χ1n) is 10.0. The Balaban J connectivity index is 1.51. The molecule has 1 amide bonds. The van der Waals surface area contributed by atoms with Gasteiger partial charge in [-0.05, 0) is 51.0 Å². The second-order valence-corrected chi connectivity index (χ2v) is 8.29. The van der Waals surface area contributed by atoms with Gasteiger partial charge < -0.3 is 29.3 Å². The van der Waals surface area contributed by atoms with E-state index in [2.05, 4.69) is 15.2 Å². The van der Waals surface area contributed by atoms with Gasteiger partial charge in [0, 0.05) is 26.2 Å². The quantitative estimate of drug-likeness (QED) is 0.810. The lowest BCUT2D eigenvalue weighted by molar-refractivity contribution is 0.0137. The summed E-state index contributed by atoms with van der Waals surface area (Å²) in [7, 11) is 3.34. The van der Waals surface area contributed by atoms with Crippen LogP contribution in [0.2, 0.25) is 0 Å². The van der Waals surface area contributed by atoms with Crippen LogP contribution in [0.4, 0.5) is 4.79 Å². The van der Waals surface area contributed by atoms with Gasteiger partial charge in [0.1, 0.15) is 17.1 Å². The van der Waals surface area contributed by atoms with E-state index >= 15 is 0 Å². The van der Waals surface area contributed by atoms with E-state index in [1.54, 1.807) is 19.1 Å². The van der Waals surface area contributed by atoms with Gasteiger partial charge in [0.25, 0.3) is 0 Å². The van der Waals surface area contributed by atoms with Crippen molar-refractivity contribution < 1.29 is 19.0 Å². The molecule has 8 nitrogen and oxygen atoms in total. The van der Waals surface area contributed by atoms with Gasteiger partial charge in [-0.15, -0.1) is 0 Å². The molecule has 1 saturated heterocycles. The number of methoxy groups -OCH3 is 2. The van der Waals surface area contributed by atoms with Crippen molar-refractivity contribution in [2.24, 2.45) is 4.99 Å². The van der Waals surface area contributed by atoms with E-state index in [4.69, 9.17) is 14.2 Å². The van der Waals surface area contributed by atoms with Crippen molar-refractivity contribution in [3.63, 3.8) is 0 Å². The Morgan fingerprint density at radius 2 is 2.03 bits per heavy atom. The summed E-state index contributed by atoms with van der Waals surface area (Å²) in [5.41, 5.74) is 0.609. The minimum atomic E-state index is -0.478. The highest BCUT2D eigenvalue weighted by Crippen LogP contribution is 2.24. The number of hydrogen-bond donors (Lipinski definition) is 1. The summed E-state index contributed by atoms with van der Waals surface area (Å²) >= 11 is 0. The Labute approximate surface area is 172 Å². The number of nitrogens with zero attached hydrogens (tertiary/aromatic N) is 3. The Hall–Kier alpha value is -2.64. The third-order valence-electron chi connectivity index (χ3n) is 5.02. The number of guanidine groups is 1. The highest BCUT2D eigenvalue weighted by Gasteiger charge is 2.36. The Kier molecular flexibility index (Phi) is 6.39. The van der Waals surface area contributed by atoms with Gasteiger partial charge in [-0.2, -0.15) is 0 Å². The lowest BCUT2D eigenvalue weighted by atomic mass is 10.1. The highest BCUT2D eigenvalue weighted by atomic mass is 16.6. The van der Waals surface area contributed by atoms with Gasteiger partial charge in [0.15, 0.2) is 5.96 Å². The van der Waals surface area contributed by atoms with E-state index < -0.39 is 5.60 Å². The monoisotopic (exact) mass is 404 g/mol. The summed E-state index contributed by atoms with van der Waals surface area (Å²) in [4.78, 5) is 21.0. The molecule has 0 bridgehead atoms. The van der Waals surface area contributed by atoms with Gasteiger partial charge in [-0.25, -0.2) is 4.79 Å². The van der Waals surface area contributed by atoms with Crippen molar-refractivity contribution in [1.82, 2.24) is 15.1 Å². The zero-order valence-electron chi connectivity index (χ0n) is 18.0. The van der Waals surface area contributed by atoms with Crippen molar-refractivity contribution >= 4 is 12.1 Å². The van der Waals surface area contributed by atoms with Crippen molar-refractivity contribution in [2.75, 3.05) is 46.9 Å². The molecule has 2 aliphatic heterocycles. The first kappa shape index (κ1) is 21.1. The van der Waals surface area contributed by atoms with Crippen LogP contribution in [0, 0.1) is 0 Å². The van der Waals surface area contributed by atoms with Gasteiger partial charge in [-0.3, -0.25) is 4.99 Å². The second kappa shape index (κ2) is 8.80. The van der Waals surface area contributed by atoms with E-state index in [1.807, 2.05) is 39.0 Å². The number of aliphatic imine (C=N–C) groups is 1. The van der Waals surface area contributed by atoms with Crippen LogP contribution in [0.1, 0.15) is 26.3 Å². The third kappa shape index (κ3) is 5.25. The van der Waals surface area contributed by atoms with Gasteiger partial charge >= 0.3 is 6.09 Å². The molecule has 0 aromatic heterocycles. The summed E-state index contributed by atoms with van der Waals surface area (Å²) < 4.78 is 16.3. The molecule has 0 saturated carbocycles. The van der Waals surface area contributed by atoms with Crippen LogP contribution in [0.15, 0.2) is 23.2 Å². The van der Waals surface area contributed by atoms with E-state index in [-0.39, 0.29) is 12.1 Å². The molecule has 8 heteroatoms. The fourth-order valence-corrected chi connectivity index (χ4v) is 3.61. The predicted octanol–water partition coefficient (Wildman–Crippen LogP) is 2.13. The van der Waals surface area contributed by atoms with Crippen LogP contribution >= 0.6 is 0 Å². The fraction of sp³-hybridized carbons (Fsp3) is 0.619. The van der Waals surface area contributed by atoms with E-state index in [0.717, 1.165) is 42.5 Å². The lowest BCUT2D eigenvalue weighted by Crippen LogP contribution is -2.57. The largest absolute Gasteiger partial charge is 0.497 e. The van der Waals surface area contributed by atoms with Crippen molar-refractivity contribution in [1.29, 1.82) is 0 Å². The molecule has 2 heterocycles. The van der Waals surface area contributed by atoms with Crippen LogP contribution < -0.4 is 14.8 Å². The van der Waals surface area contributed by atoms with Crippen molar-refractivity contribution in [3.05, 3.63) is 23.8 Å². The standard InChI is InChI=1S/C21H32N4O4/c1-21(2,3)29-20(26)24-10-11-25-16(14-24)13-23-19(25)22-9-8-15-12-17(27-4)6-7-18(15)28-5/h6-7,12,16H,8-11,13-14H2,1-5H3,(H,22,23). The molecule has 29 heavy (non-hydrogen) atoms. The summed E-state index contributed by atoms with van der Waals surface area (Å²) in [6.45, 7) is 9.10. The molecule has 0 spiro atoms. The molecular weight excluding hydrogens is 372 g/mol. The normalized spacial score (nSPS) is 18.8. The van der Waals surface area contributed by atoms with Crippen molar-refractivity contribution in [3.8, 4) is 11.5 Å². The topological polar surface area (TPSA) is 75.6 Å². The molecule has 160 valence electrons. The number of ether oxygens (including phenoxy) is 3. The zero-order chi connectivity index (χ0) is 21.0. The smallest absolute Gasteiger partial charge is 0.410 e. The molecule has 1 aromatic rings. The van der Waals surface area contributed by atoms with Crippen LogP contribution in [0.5, 0.6) is 11.5 Å². The number of piperazine rings is 1. The maximum atomic E-state index is 12.3. The zero-order valence-corrected chi connectivity index (χ0v) is 18.0. The molecule has 2 aliphatic rings. The second-order valence-electron chi connectivity index (χ2n) is 8.29. The summed E-state index contributed by atoms with van der Waals surface area (Å²) in [5, 5.41) is 3.45. The fourth-order valence-electron chi connectivity index (χ4n) is 3.61. The summed E-state index contributed by atoms with van der Waals surface area (Å²) in [5.74, 6) is 2.57. The molecule has 0 radical (unpaired) electrons. The Morgan fingerprint density at radius 1 is 1.24 bits per heavy atom. The van der Waals surface area contributed by atoms with E-state index in [9.17, 15) is 4.79 Å². The first-order valence-corrected chi connectivity index (χ1v) is 10.0. The Morgan fingerprint density at radius 3 is 2.72 bits per heavy atom. The third-order valence-corrected chi connectivity index (χ3v) is 5.02. The lowest BCUT2D eigenvalue weighted by Gasteiger charge is -2.39. The number of nitrogens with one attached hydrogen (secondary N) is 1. The maximum Gasteiger partial charge on any atom is 0.410 e. The number of carbonyl (C=O) groups excluding carboxylic acids is 1. The SMILES string of the molecule is COc1ccc(OC)c(CCNC2=NCC3CN(C(=O)OC(C)(C)C)CCN23)c1. The molecule has 1 aromatic carbocycles. The minimum Gasteiger partial charge on any atom is -0.497 e. The van der Waals surface area contributed by atoms with E-state index in [1.165, 1.54) is 0 Å². The number of rotatable bonds is 5. The average molecular weight is 405 g/mol. The molecule has 1 atom stereocenters. The molecule has 3 rings (SSSR count). The average Bonchev–Trinajstić information content (AvgIpc) is 3.09. The molecule has 1 unspecified atom stereocenters. The van der Waals surface area contributed by atoms with Gasteiger partial charge in [0.2, 0.25) is 0 Å². The van der Waals surface area contributed by atoms with Crippen LogP contribution in [0.25, 0.3) is 0 Å². The van der Waals surface area contributed by atoms with Crippen LogP contribution in [-0.2, 0) is 11.2 Å². The number of benzene rings is 1. The van der Waals surface area contributed by atoms with Crippen LogP contribution in [-0.4, -0.2) is 80.4 Å². The molecule has 0 aliphatic carbocycles. The summed E-state index contributed by atoms with van der Waals surface area (Å²) in [6, 6.07) is 6.02. The Bertz CT molecular complexity index is 760. The minimum absolute atomic E-state index is 0.199. The number of carbonyl (C=O) groups is 1. The molecular formula is C21H32N4O4. The molecule has 1 N–H and O–H groups in total. The van der Waals surface area contributed by atoms with Gasteiger partial charge in [0.05, 0.1) is 26.8 Å². The predicted molar refractivity (Wildman–Crippen MR) is 112 cm³/mol. The number of amides is 1.